The van der Waals surface area contributed by atoms with Crippen molar-refractivity contribution in [3.63, 3.8) is 0 Å². The van der Waals surface area contributed by atoms with E-state index in [2.05, 4.69) is 10.3 Å². The van der Waals surface area contributed by atoms with Crippen LogP contribution in [0.15, 0.2) is 35.2 Å². The third-order valence-corrected chi connectivity index (χ3v) is 6.47. The van der Waals surface area contributed by atoms with Gasteiger partial charge in [-0.1, -0.05) is 17.7 Å². The molecular formula is C20H23ClF2N4O2S. The summed E-state index contributed by atoms with van der Waals surface area (Å²) in [5.41, 5.74) is 1.04. The summed E-state index contributed by atoms with van der Waals surface area (Å²) < 4.78 is 47.3. The Balaban J connectivity index is 1.93. The van der Waals surface area contributed by atoms with Gasteiger partial charge in [0.2, 0.25) is 5.92 Å². The van der Waals surface area contributed by atoms with Crippen molar-refractivity contribution in [3.05, 3.63) is 46.6 Å². The van der Waals surface area contributed by atoms with E-state index in [1.54, 1.807) is 30.0 Å². The molecule has 1 aliphatic heterocycles. The number of rotatable bonds is 4. The van der Waals surface area contributed by atoms with E-state index in [4.69, 9.17) is 16.4 Å². The largest absolute Gasteiger partial charge is 0.356 e. The fourth-order valence-electron chi connectivity index (χ4n) is 3.27. The Morgan fingerprint density at radius 1 is 1.30 bits per heavy atom. The molecule has 1 saturated heterocycles. The number of halogens is 3. The summed E-state index contributed by atoms with van der Waals surface area (Å²) in [7, 11) is -2.94. The Hall–Kier alpha value is -2.26. The van der Waals surface area contributed by atoms with Crippen LogP contribution in [0, 0.1) is 11.7 Å². The maximum Gasteiger partial charge on any atom is 0.259 e. The highest BCUT2D eigenvalue weighted by molar-refractivity contribution is 7.91. The predicted octanol–water partition coefficient (Wildman–Crippen LogP) is 4.96. The number of alkyl halides is 2. The average molecular weight is 457 g/mol. The molecule has 0 bridgehead atoms. The number of aromatic nitrogens is 1. The number of aryl methyl sites for hydroxylation is 1. The summed E-state index contributed by atoms with van der Waals surface area (Å²) in [6.45, 7) is 2.12. The zero-order valence-corrected chi connectivity index (χ0v) is 18.2. The molecule has 3 rings (SSSR count). The van der Waals surface area contributed by atoms with Crippen LogP contribution in [-0.2, 0) is 9.73 Å². The van der Waals surface area contributed by atoms with Gasteiger partial charge in [0, 0.05) is 42.8 Å². The van der Waals surface area contributed by atoms with Crippen LogP contribution in [0.3, 0.4) is 0 Å². The summed E-state index contributed by atoms with van der Waals surface area (Å²) in [4.78, 5) is 19.4. The third-order valence-electron chi connectivity index (χ3n) is 4.94. The summed E-state index contributed by atoms with van der Waals surface area (Å²) in [5, 5.41) is 3.00. The van der Waals surface area contributed by atoms with Crippen LogP contribution in [0.2, 0.25) is 5.02 Å². The molecule has 0 radical (unpaired) electrons. The molecule has 6 nitrogen and oxygen atoms in total. The minimum atomic E-state index is -2.94. The van der Waals surface area contributed by atoms with Gasteiger partial charge in [0.15, 0.2) is 0 Å². The van der Waals surface area contributed by atoms with Gasteiger partial charge in [0.1, 0.15) is 5.82 Å². The Morgan fingerprint density at radius 3 is 2.73 bits per heavy atom. The first kappa shape index (κ1) is 22.4. The highest BCUT2D eigenvalue weighted by atomic mass is 35.5. The van der Waals surface area contributed by atoms with E-state index < -0.39 is 21.6 Å². The van der Waals surface area contributed by atoms with Gasteiger partial charge in [-0.15, -0.1) is 0 Å². The number of benzene rings is 1. The molecule has 30 heavy (non-hydrogen) atoms. The first-order valence-corrected chi connectivity index (χ1v) is 11.8. The summed E-state index contributed by atoms with van der Waals surface area (Å²) in [6.07, 6.45) is 1.07. The van der Waals surface area contributed by atoms with E-state index in [1.807, 2.05) is 0 Å². The molecule has 1 aromatic carbocycles. The van der Waals surface area contributed by atoms with Gasteiger partial charge in [-0.2, -0.15) is 0 Å². The molecule has 0 unspecified atom stereocenters. The van der Waals surface area contributed by atoms with Crippen molar-refractivity contribution in [2.75, 3.05) is 29.6 Å². The Labute approximate surface area is 179 Å². The Morgan fingerprint density at radius 2 is 2.03 bits per heavy atom. The monoisotopic (exact) mass is 456 g/mol. The molecule has 1 fully saturated rings. The molecule has 0 spiro atoms. The van der Waals surface area contributed by atoms with Crippen LogP contribution >= 0.6 is 11.6 Å². The fourth-order valence-corrected chi connectivity index (χ4v) is 4.11. The zero-order valence-electron chi connectivity index (χ0n) is 16.7. The van der Waals surface area contributed by atoms with Crippen LogP contribution in [0.1, 0.15) is 35.3 Å². The van der Waals surface area contributed by atoms with Crippen molar-refractivity contribution >= 4 is 38.7 Å². The molecule has 0 aliphatic carbocycles. The molecule has 2 heterocycles. The van der Waals surface area contributed by atoms with E-state index >= 15 is 0 Å². The van der Waals surface area contributed by atoms with Gasteiger partial charge in [-0.3, -0.25) is 4.79 Å². The standard InChI is InChI=1S/C20H23ClF2N4O2S/c1-13-17(21)12-16(18(25-13)27-9-4-7-20(22,23)8-10-27)19(28)26-14-5-3-6-15(11-14)30(2,24)29/h3,5-6,11-12,24H,4,7-10H2,1-2H3,(H,26,28)/t30-/m0/s1. The van der Waals surface area contributed by atoms with Crippen molar-refractivity contribution in [3.8, 4) is 0 Å². The van der Waals surface area contributed by atoms with E-state index in [-0.39, 0.29) is 36.3 Å². The lowest BCUT2D eigenvalue weighted by Gasteiger charge is -2.24. The SMILES string of the molecule is Cc1nc(N2CCCC(F)(F)CC2)c(C(=O)Nc2cccc([S@@](C)(=N)=O)c2)cc1Cl. The number of carbonyl (C=O) groups excluding carboxylic acids is 1. The van der Waals surface area contributed by atoms with Crippen molar-refractivity contribution in [2.45, 2.75) is 37.0 Å². The van der Waals surface area contributed by atoms with Gasteiger partial charge in [-0.05, 0) is 37.6 Å². The number of nitrogens with one attached hydrogen (secondary N) is 2. The predicted molar refractivity (Wildman–Crippen MR) is 114 cm³/mol. The summed E-state index contributed by atoms with van der Waals surface area (Å²) in [6, 6.07) is 7.72. The lowest BCUT2D eigenvalue weighted by Crippen LogP contribution is -2.29. The Kier molecular flexibility index (Phi) is 6.33. The van der Waals surface area contributed by atoms with Gasteiger partial charge < -0.3 is 10.2 Å². The molecule has 2 N–H and O–H groups in total. The second-order valence-electron chi connectivity index (χ2n) is 7.45. The molecule has 1 aromatic heterocycles. The normalized spacial score (nSPS) is 18.4. The molecule has 0 saturated carbocycles. The van der Waals surface area contributed by atoms with Gasteiger partial charge in [-0.25, -0.2) is 22.8 Å². The zero-order chi connectivity index (χ0) is 22.1. The lowest BCUT2D eigenvalue weighted by atomic mass is 10.1. The molecule has 2 aromatic rings. The highest BCUT2D eigenvalue weighted by Crippen LogP contribution is 2.32. The van der Waals surface area contributed by atoms with Crippen LogP contribution in [0.5, 0.6) is 0 Å². The maximum absolute atomic E-state index is 13.8. The number of pyridine rings is 1. The van der Waals surface area contributed by atoms with E-state index in [1.165, 1.54) is 18.4 Å². The number of amides is 1. The minimum absolute atomic E-state index is 0.0770. The number of nitrogens with zero attached hydrogens (tertiary/aromatic N) is 2. The smallest absolute Gasteiger partial charge is 0.259 e. The number of hydrogen-bond donors (Lipinski definition) is 2. The molecule has 10 heteroatoms. The van der Waals surface area contributed by atoms with Crippen molar-refractivity contribution in [1.82, 2.24) is 4.98 Å². The van der Waals surface area contributed by atoms with E-state index in [9.17, 15) is 17.8 Å². The van der Waals surface area contributed by atoms with Crippen LogP contribution < -0.4 is 10.2 Å². The fraction of sp³-hybridized carbons (Fsp3) is 0.400. The third kappa shape index (κ3) is 5.26. The second kappa shape index (κ2) is 8.47. The molecule has 162 valence electrons. The first-order chi connectivity index (χ1) is 14.0. The quantitative estimate of drug-likeness (QED) is 0.681. The highest BCUT2D eigenvalue weighted by Gasteiger charge is 2.33. The van der Waals surface area contributed by atoms with E-state index in [0.717, 1.165) is 0 Å². The van der Waals surface area contributed by atoms with Crippen molar-refractivity contribution in [1.29, 1.82) is 4.78 Å². The molecule has 1 amide bonds. The first-order valence-electron chi connectivity index (χ1n) is 9.41. The number of carbonyl (C=O) groups is 1. The van der Waals surface area contributed by atoms with Crippen LogP contribution in [0.4, 0.5) is 20.3 Å². The maximum atomic E-state index is 13.8. The van der Waals surface area contributed by atoms with Crippen molar-refractivity contribution in [2.24, 2.45) is 0 Å². The number of hydrogen-bond acceptors (Lipinski definition) is 5. The molecular weight excluding hydrogens is 434 g/mol. The van der Waals surface area contributed by atoms with Gasteiger partial charge in [0.25, 0.3) is 5.91 Å². The van der Waals surface area contributed by atoms with E-state index in [0.29, 0.717) is 28.8 Å². The molecule has 1 aliphatic rings. The van der Waals surface area contributed by atoms with Gasteiger partial charge in [0.05, 0.1) is 26.0 Å². The summed E-state index contributed by atoms with van der Waals surface area (Å²) >= 11 is 6.19. The van der Waals surface area contributed by atoms with Crippen LogP contribution in [-0.4, -0.2) is 40.4 Å². The topological polar surface area (TPSA) is 86.2 Å². The van der Waals surface area contributed by atoms with Gasteiger partial charge >= 0.3 is 0 Å². The lowest BCUT2D eigenvalue weighted by molar-refractivity contribution is -0.0102. The van der Waals surface area contributed by atoms with Crippen molar-refractivity contribution < 1.29 is 17.8 Å². The van der Waals surface area contributed by atoms with Crippen LogP contribution in [0.25, 0.3) is 0 Å². The molecule has 1 atom stereocenters. The Bertz CT molecular complexity index is 1080. The minimum Gasteiger partial charge on any atom is -0.356 e. The second-order valence-corrected chi connectivity index (χ2v) is 10.0. The average Bonchev–Trinajstić information content (AvgIpc) is 2.83. The summed E-state index contributed by atoms with van der Waals surface area (Å²) in [5.74, 6) is -2.94. The number of anilines is 2.